The molecule has 1 aliphatic heterocycles. The standard InChI is InChI=1S/C8H14N2/c1-6-4-8(5-9)10(3)7(6)2/h6-8H,4H2,1-3H3/t6-,7-,8-/m0/s1. The van der Waals surface area contributed by atoms with E-state index in [9.17, 15) is 0 Å². The first-order valence-corrected chi connectivity index (χ1v) is 3.78. The van der Waals surface area contributed by atoms with Crippen LogP contribution in [0, 0.1) is 17.2 Å². The first-order chi connectivity index (χ1) is 4.66. The minimum absolute atomic E-state index is 0.157. The van der Waals surface area contributed by atoms with Crippen molar-refractivity contribution in [3.05, 3.63) is 0 Å². The topological polar surface area (TPSA) is 27.0 Å². The Hall–Kier alpha value is -0.550. The molecule has 0 bridgehead atoms. The Morgan fingerprint density at radius 1 is 1.50 bits per heavy atom. The van der Waals surface area contributed by atoms with Gasteiger partial charge >= 0.3 is 0 Å². The van der Waals surface area contributed by atoms with E-state index in [-0.39, 0.29) is 6.04 Å². The molecule has 0 aromatic carbocycles. The Kier molecular flexibility index (Phi) is 1.96. The average molecular weight is 138 g/mol. The van der Waals surface area contributed by atoms with E-state index in [0.717, 1.165) is 6.42 Å². The largest absolute Gasteiger partial charge is 0.288 e. The van der Waals surface area contributed by atoms with Gasteiger partial charge in [-0.1, -0.05) is 6.92 Å². The van der Waals surface area contributed by atoms with Crippen LogP contribution in [0.15, 0.2) is 0 Å². The summed E-state index contributed by atoms with van der Waals surface area (Å²) < 4.78 is 0. The lowest BCUT2D eigenvalue weighted by Gasteiger charge is -2.18. The second-order valence-electron chi connectivity index (χ2n) is 3.26. The zero-order chi connectivity index (χ0) is 7.72. The van der Waals surface area contributed by atoms with Gasteiger partial charge in [0.2, 0.25) is 0 Å². The van der Waals surface area contributed by atoms with Crippen LogP contribution in [-0.2, 0) is 0 Å². The van der Waals surface area contributed by atoms with Crippen molar-refractivity contribution in [3.63, 3.8) is 0 Å². The summed E-state index contributed by atoms with van der Waals surface area (Å²) >= 11 is 0. The molecule has 0 N–H and O–H groups in total. The van der Waals surface area contributed by atoms with Gasteiger partial charge < -0.3 is 0 Å². The molecule has 0 radical (unpaired) electrons. The molecule has 2 nitrogen and oxygen atoms in total. The number of nitriles is 1. The third-order valence-electron chi connectivity index (χ3n) is 2.70. The molecule has 0 saturated carbocycles. The third-order valence-corrected chi connectivity index (χ3v) is 2.70. The second-order valence-corrected chi connectivity index (χ2v) is 3.26. The summed E-state index contributed by atoms with van der Waals surface area (Å²) in [5.41, 5.74) is 0. The Bertz CT molecular complexity index is 159. The number of hydrogen-bond donors (Lipinski definition) is 0. The molecule has 1 aliphatic rings. The number of likely N-dealkylation sites (tertiary alicyclic amines) is 1. The molecule has 10 heavy (non-hydrogen) atoms. The van der Waals surface area contributed by atoms with Crippen LogP contribution in [0.4, 0.5) is 0 Å². The van der Waals surface area contributed by atoms with E-state index in [2.05, 4.69) is 24.8 Å². The maximum absolute atomic E-state index is 8.68. The normalized spacial score (nSPS) is 41.6. The van der Waals surface area contributed by atoms with E-state index < -0.39 is 0 Å². The highest BCUT2D eigenvalue weighted by Gasteiger charge is 2.32. The minimum Gasteiger partial charge on any atom is -0.288 e. The van der Waals surface area contributed by atoms with Gasteiger partial charge in [-0.2, -0.15) is 5.26 Å². The lowest BCUT2D eigenvalue weighted by atomic mass is 10.0. The molecule has 0 spiro atoms. The Balaban J connectivity index is 2.64. The highest BCUT2D eigenvalue weighted by Crippen LogP contribution is 2.26. The lowest BCUT2D eigenvalue weighted by molar-refractivity contribution is 0.272. The molecule has 1 rings (SSSR count). The summed E-state index contributed by atoms with van der Waals surface area (Å²) in [5.74, 6) is 0.676. The molecule has 0 aromatic rings. The molecule has 1 saturated heterocycles. The van der Waals surface area contributed by atoms with Crippen molar-refractivity contribution in [2.24, 2.45) is 5.92 Å². The fourth-order valence-corrected chi connectivity index (χ4v) is 1.54. The first kappa shape index (κ1) is 7.56. The van der Waals surface area contributed by atoms with Crippen LogP contribution in [0.2, 0.25) is 0 Å². The second kappa shape index (κ2) is 2.59. The van der Waals surface area contributed by atoms with Crippen LogP contribution in [0.3, 0.4) is 0 Å². The predicted molar refractivity (Wildman–Crippen MR) is 40.4 cm³/mol. The maximum Gasteiger partial charge on any atom is 0.0980 e. The van der Waals surface area contributed by atoms with E-state index in [4.69, 9.17) is 5.26 Å². The van der Waals surface area contributed by atoms with Gasteiger partial charge in [-0.15, -0.1) is 0 Å². The maximum atomic E-state index is 8.68. The van der Waals surface area contributed by atoms with Gasteiger partial charge in [0, 0.05) is 6.04 Å². The molecule has 1 heterocycles. The Morgan fingerprint density at radius 2 is 2.10 bits per heavy atom. The summed E-state index contributed by atoms with van der Waals surface area (Å²) in [6.45, 7) is 4.39. The Labute approximate surface area is 62.4 Å². The van der Waals surface area contributed by atoms with Crippen molar-refractivity contribution in [2.75, 3.05) is 7.05 Å². The van der Waals surface area contributed by atoms with Crippen molar-refractivity contribution in [2.45, 2.75) is 32.4 Å². The van der Waals surface area contributed by atoms with Crippen LogP contribution >= 0.6 is 0 Å². The summed E-state index contributed by atoms with van der Waals surface area (Å²) in [6.07, 6.45) is 1.04. The molecular weight excluding hydrogens is 124 g/mol. The molecular formula is C8H14N2. The molecule has 0 amide bonds. The Morgan fingerprint density at radius 3 is 2.30 bits per heavy atom. The monoisotopic (exact) mass is 138 g/mol. The fraction of sp³-hybridized carbons (Fsp3) is 0.875. The minimum atomic E-state index is 0.157. The van der Waals surface area contributed by atoms with Crippen molar-refractivity contribution in [1.29, 1.82) is 5.26 Å². The smallest absolute Gasteiger partial charge is 0.0980 e. The molecule has 2 heteroatoms. The summed E-state index contributed by atoms with van der Waals surface area (Å²) in [6, 6.07) is 3.03. The van der Waals surface area contributed by atoms with E-state index >= 15 is 0 Å². The van der Waals surface area contributed by atoms with E-state index in [1.165, 1.54) is 0 Å². The predicted octanol–water partition coefficient (Wildman–Crippen LogP) is 1.24. The van der Waals surface area contributed by atoms with E-state index in [0.29, 0.717) is 12.0 Å². The summed E-state index contributed by atoms with van der Waals surface area (Å²) in [4.78, 5) is 2.16. The van der Waals surface area contributed by atoms with Gasteiger partial charge in [0.1, 0.15) is 0 Å². The van der Waals surface area contributed by atoms with Crippen molar-refractivity contribution in [1.82, 2.24) is 4.90 Å². The number of nitrogens with zero attached hydrogens (tertiary/aromatic N) is 2. The van der Waals surface area contributed by atoms with Crippen LogP contribution in [0.25, 0.3) is 0 Å². The summed E-state index contributed by atoms with van der Waals surface area (Å²) in [7, 11) is 2.03. The van der Waals surface area contributed by atoms with E-state index in [1.54, 1.807) is 0 Å². The zero-order valence-corrected chi connectivity index (χ0v) is 6.83. The quantitative estimate of drug-likeness (QED) is 0.503. The molecule has 56 valence electrons. The average Bonchev–Trinajstić information content (AvgIpc) is 2.17. The zero-order valence-electron chi connectivity index (χ0n) is 6.83. The SMILES string of the molecule is C[C@H]1C[C@@H](C#N)N(C)[C@H]1C. The molecule has 3 atom stereocenters. The molecule has 0 aliphatic carbocycles. The fourth-order valence-electron chi connectivity index (χ4n) is 1.54. The van der Waals surface area contributed by atoms with Gasteiger partial charge in [-0.25, -0.2) is 0 Å². The van der Waals surface area contributed by atoms with Crippen LogP contribution in [0.1, 0.15) is 20.3 Å². The molecule has 1 fully saturated rings. The van der Waals surface area contributed by atoms with Gasteiger partial charge in [-0.3, -0.25) is 4.90 Å². The third kappa shape index (κ3) is 1.02. The van der Waals surface area contributed by atoms with Gasteiger partial charge in [0.15, 0.2) is 0 Å². The van der Waals surface area contributed by atoms with Crippen LogP contribution in [0.5, 0.6) is 0 Å². The van der Waals surface area contributed by atoms with Crippen molar-refractivity contribution < 1.29 is 0 Å². The van der Waals surface area contributed by atoms with Crippen LogP contribution in [-0.4, -0.2) is 24.0 Å². The van der Waals surface area contributed by atoms with Gasteiger partial charge in [0.05, 0.1) is 12.1 Å². The molecule has 0 aromatic heterocycles. The van der Waals surface area contributed by atoms with Crippen molar-refractivity contribution in [3.8, 4) is 6.07 Å². The summed E-state index contributed by atoms with van der Waals surface area (Å²) in [5, 5.41) is 8.68. The van der Waals surface area contributed by atoms with Crippen molar-refractivity contribution >= 4 is 0 Å². The van der Waals surface area contributed by atoms with E-state index in [1.807, 2.05) is 7.05 Å². The number of rotatable bonds is 0. The first-order valence-electron chi connectivity index (χ1n) is 3.78. The van der Waals surface area contributed by atoms with Crippen LogP contribution < -0.4 is 0 Å². The van der Waals surface area contributed by atoms with Gasteiger partial charge in [0.25, 0.3) is 0 Å². The lowest BCUT2D eigenvalue weighted by Crippen LogP contribution is -2.30. The van der Waals surface area contributed by atoms with Gasteiger partial charge in [-0.05, 0) is 26.3 Å². The molecule has 0 unspecified atom stereocenters. The highest BCUT2D eigenvalue weighted by atomic mass is 15.2. The number of hydrogen-bond acceptors (Lipinski definition) is 2. The highest BCUT2D eigenvalue weighted by molar-refractivity contribution is 4.99.